The quantitative estimate of drug-likeness (QED) is 0.672. The zero-order chi connectivity index (χ0) is 19.2. The molecule has 26 heavy (non-hydrogen) atoms. The average Bonchev–Trinajstić information content (AvgIpc) is 2.65. The molecule has 2 aromatic carbocycles. The number of methoxy groups -OCH3 is 3. The third-order valence-corrected chi connectivity index (χ3v) is 5.09. The predicted octanol–water partition coefficient (Wildman–Crippen LogP) is 2.38. The molecule has 0 fully saturated rings. The second-order valence-corrected chi connectivity index (χ2v) is 7.18. The van der Waals surface area contributed by atoms with Crippen molar-refractivity contribution >= 4 is 10.0 Å². The maximum absolute atomic E-state index is 12.4. The third kappa shape index (κ3) is 4.80. The number of hydrogen-bond donors (Lipinski definition) is 1. The molecule has 0 aliphatic carbocycles. The zero-order valence-electron chi connectivity index (χ0n) is 15.2. The van der Waals surface area contributed by atoms with E-state index in [9.17, 15) is 8.42 Å². The number of aryl methyl sites for hydroxylation is 1. The van der Waals surface area contributed by atoms with Crippen LogP contribution >= 0.6 is 0 Å². The van der Waals surface area contributed by atoms with Gasteiger partial charge in [0.2, 0.25) is 10.0 Å². The van der Waals surface area contributed by atoms with Gasteiger partial charge >= 0.3 is 0 Å². The summed E-state index contributed by atoms with van der Waals surface area (Å²) in [7, 11) is 0.801. The summed E-state index contributed by atoms with van der Waals surface area (Å²) >= 11 is 0. The lowest BCUT2D eigenvalue weighted by Crippen LogP contribution is -2.28. The van der Waals surface area contributed by atoms with Gasteiger partial charge in [0.25, 0.3) is 0 Å². The Morgan fingerprint density at radius 1 is 0.846 bits per heavy atom. The molecule has 0 spiro atoms. The molecule has 0 radical (unpaired) electrons. The molecule has 0 heterocycles. The van der Waals surface area contributed by atoms with E-state index in [1.807, 2.05) is 19.1 Å². The van der Waals surface area contributed by atoms with Crippen molar-refractivity contribution in [2.45, 2.75) is 11.8 Å². The van der Waals surface area contributed by atoms with E-state index in [1.54, 1.807) is 19.2 Å². The first-order valence-corrected chi connectivity index (χ1v) is 9.38. The van der Waals surface area contributed by atoms with Crippen LogP contribution in [0.4, 0.5) is 0 Å². The van der Waals surface area contributed by atoms with E-state index in [-0.39, 0.29) is 18.0 Å². The molecule has 0 saturated carbocycles. The molecule has 0 aromatic heterocycles. The van der Waals surface area contributed by atoms with Crippen LogP contribution in [0.25, 0.3) is 0 Å². The first-order valence-electron chi connectivity index (χ1n) is 7.90. The summed E-state index contributed by atoms with van der Waals surface area (Å²) in [5.41, 5.74) is 1.04. The van der Waals surface area contributed by atoms with Gasteiger partial charge in [0.15, 0.2) is 23.0 Å². The van der Waals surface area contributed by atoms with Gasteiger partial charge in [-0.3, -0.25) is 0 Å². The van der Waals surface area contributed by atoms with E-state index in [0.717, 1.165) is 5.56 Å². The molecule has 142 valence electrons. The van der Waals surface area contributed by atoms with Gasteiger partial charge in [0.05, 0.1) is 26.2 Å². The fourth-order valence-electron chi connectivity index (χ4n) is 2.30. The Balaban J connectivity index is 1.98. The van der Waals surface area contributed by atoms with Crippen molar-refractivity contribution in [2.75, 3.05) is 34.5 Å². The summed E-state index contributed by atoms with van der Waals surface area (Å²) in [5.74, 6) is 1.97. The molecule has 0 amide bonds. The van der Waals surface area contributed by atoms with E-state index in [0.29, 0.717) is 23.0 Å². The molecule has 0 aliphatic heterocycles. The van der Waals surface area contributed by atoms with Crippen molar-refractivity contribution < 1.29 is 27.4 Å². The minimum absolute atomic E-state index is 0.0862. The summed E-state index contributed by atoms with van der Waals surface area (Å²) in [6.07, 6.45) is 0. The Bertz CT molecular complexity index is 851. The normalized spacial score (nSPS) is 11.1. The van der Waals surface area contributed by atoms with Crippen LogP contribution in [0, 0.1) is 6.92 Å². The van der Waals surface area contributed by atoms with E-state index >= 15 is 0 Å². The van der Waals surface area contributed by atoms with Crippen molar-refractivity contribution in [3.8, 4) is 23.0 Å². The number of sulfonamides is 1. The molecule has 2 rings (SSSR count). The van der Waals surface area contributed by atoms with E-state index in [2.05, 4.69) is 4.72 Å². The van der Waals surface area contributed by atoms with Crippen LogP contribution in [-0.2, 0) is 10.0 Å². The zero-order valence-corrected chi connectivity index (χ0v) is 16.1. The van der Waals surface area contributed by atoms with E-state index in [4.69, 9.17) is 18.9 Å². The lowest BCUT2D eigenvalue weighted by molar-refractivity contribution is 0.298. The molecule has 1 N–H and O–H groups in total. The first kappa shape index (κ1) is 19.9. The van der Waals surface area contributed by atoms with Crippen molar-refractivity contribution in [2.24, 2.45) is 0 Å². The average molecular weight is 381 g/mol. The van der Waals surface area contributed by atoms with Gasteiger partial charge in [0.1, 0.15) is 6.61 Å². The smallest absolute Gasteiger partial charge is 0.240 e. The molecule has 0 bridgehead atoms. The Morgan fingerprint density at radius 2 is 1.46 bits per heavy atom. The second-order valence-electron chi connectivity index (χ2n) is 5.42. The second kappa shape index (κ2) is 8.77. The predicted molar refractivity (Wildman–Crippen MR) is 98.0 cm³/mol. The maximum Gasteiger partial charge on any atom is 0.240 e. The number of nitrogens with one attached hydrogen (secondary N) is 1. The summed E-state index contributed by atoms with van der Waals surface area (Å²) < 4.78 is 48.4. The topological polar surface area (TPSA) is 83.1 Å². The van der Waals surface area contributed by atoms with Crippen LogP contribution in [0.15, 0.2) is 41.3 Å². The summed E-state index contributed by atoms with van der Waals surface area (Å²) in [6, 6.07) is 9.94. The largest absolute Gasteiger partial charge is 0.493 e. The number of ether oxygens (including phenoxy) is 4. The van der Waals surface area contributed by atoms with Crippen molar-refractivity contribution in [1.82, 2.24) is 4.72 Å². The Hall–Kier alpha value is -2.45. The molecule has 0 atom stereocenters. The summed E-state index contributed by atoms with van der Waals surface area (Å²) in [5, 5.41) is 0. The molecule has 2 aromatic rings. The molecule has 0 unspecified atom stereocenters. The number of hydrogen-bond acceptors (Lipinski definition) is 6. The van der Waals surface area contributed by atoms with Crippen molar-refractivity contribution in [3.05, 3.63) is 42.0 Å². The first-order chi connectivity index (χ1) is 12.4. The fourth-order valence-corrected chi connectivity index (χ4v) is 3.33. The number of rotatable bonds is 9. The van der Waals surface area contributed by atoms with E-state index < -0.39 is 10.0 Å². The Labute approximate surface area is 153 Å². The number of benzene rings is 2. The molecular formula is C18H23NO6S. The van der Waals surface area contributed by atoms with Crippen LogP contribution < -0.4 is 23.7 Å². The van der Waals surface area contributed by atoms with Crippen molar-refractivity contribution in [3.63, 3.8) is 0 Å². The minimum Gasteiger partial charge on any atom is -0.493 e. The summed E-state index contributed by atoms with van der Waals surface area (Å²) in [6.45, 7) is 2.21. The fraction of sp³-hybridized carbons (Fsp3) is 0.333. The Morgan fingerprint density at radius 3 is 2.12 bits per heavy atom. The van der Waals surface area contributed by atoms with Crippen LogP contribution in [0.1, 0.15) is 5.56 Å². The highest BCUT2D eigenvalue weighted by atomic mass is 32.2. The molecular weight excluding hydrogens is 358 g/mol. The van der Waals surface area contributed by atoms with Gasteiger partial charge in [0, 0.05) is 12.6 Å². The van der Waals surface area contributed by atoms with Crippen LogP contribution in [0.2, 0.25) is 0 Å². The van der Waals surface area contributed by atoms with Crippen LogP contribution in [0.5, 0.6) is 23.0 Å². The molecule has 7 nitrogen and oxygen atoms in total. The van der Waals surface area contributed by atoms with Crippen molar-refractivity contribution in [1.29, 1.82) is 0 Å². The highest BCUT2D eigenvalue weighted by molar-refractivity contribution is 7.89. The van der Waals surface area contributed by atoms with Gasteiger partial charge in [-0.25, -0.2) is 13.1 Å². The monoisotopic (exact) mass is 381 g/mol. The van der Waals surface area contributed by atoms with Gasteiger partial charge in [-0.1, -0.05) is 6.07 Å². The van der Waals surface area contributed by atoms with Gasteiger partial charge < -0.3 is 18.9 Å². The third-order valence-electron chi connectivity index (χ3n) is 3.64. The van der Waals surface area contributed by atoms with E-state index in [1.165, 1.54) is 26.4 Å². The van der Waals surface area contributed by atoms with Gasteiger partial charge in [-0.2, -0.15) is 0 Å². The van der Waals surface area contributed by atoms with Crippen LogP contribution in [-0.4, -0.2) is 42.9 Å². The highest BCUT2D eigenvalue weighted by Gasteiger charge is 2.16. The van der Waals surface area contributed by atoms with Crippen LogP contribution in [0.3, 0.4) is 0 Å². The lowest BCUT2D eigenvalue weighted by atomic mass is 10.2. The molecule has 0 saturated heterocycles. The lowest BCUT2D eigenvalue weighted by Gasteiger charge is -2.13. The standard InChI is InChI=1S/C18H23NO6S/c1-13-5-7-16(17(11-13)23-3)25-10-9-19-26(20,21)14-6-8-15(22-2)18(12-14)24-4/h5-8,11-12,19H,9-10H2,1-4H3. The minimum atomic E-state index is -3.69. The highest BCUT2D eigenvalue weighted by Crippen LogP contribution is 2.29. The molecule has 8 heteroatoms. The summed E-state index contributed by atoms with van der Waals surface area (Å²) in [4.78, 5) is 0.0862. The van der Waals surface area contributed by atoms with Gasteiger partial charge in [-0.05, 0) is 36.8 Å². The molecule has 0 aliphatic rings. The SMILES string of the molecule is COc1ccc(S(=O)(=O)NCCOc2ccc(C)cc2OC)cc1OC. The maximum atomic E-state index is 12.4. The van der Waals surface area contributed by atoms with Gasteiger partial charge in [-0.15, -0.1) is 0 Å². The Kier molecular flexibility index (Phi) is 6.70.